The van der Waals surface area contributed by atoms with Crippen LogP contribution >= 0.6 is 0 Å². The van der Waals surface area contributed by atoms with Gasteiger partial charge in [-0.1, -0.05) is 18.2 Å². The number of fused-ring (bicyclic) bond motifs is 1. The lowest BCUT2D eigenvalue weighted by Gasteiger charge is -2.18. The molecule has 0 fully saturated rings. The monoisotopic (exact) mass is 510 g/mol. The van der Waals surface area contributed by atoms with E-state index in [-0.39, 0.29) is 22.3 Å². The SMILES string of the molecule is C[C@@H](NS(=O)(=O)c1ccc(-c2c(C#N)c3cc(OC(F)F)cnc3n2C2=CC=C2)cc1)C(F)(F)F. The van der Waals surface area contributed by atoms with Crippen molar-refractivity contribution in [1.82, 2.24) is 14.3 Å². The predicted molar refractivity (Wildman–Crippen MR) is 116 cm³/mol. The lowest BCUT2D eigenvalue weighted by molar-refractivity contribution is -0.147. The van der Waals surface area contributed by atoms with Crippen molar-refractivity contribution < 1.29 is 35.1 Å². The van der Waals surface area contributed by atoms with Crippen LogP contribution in [0.15, 0.2) is 59.7 Å². The first-order chi connectivity index (χ1) is 16.4. The maximum atomic E-state index is 12.8. The maximum absolute atomic E-state index is 12.8. The van der Waals surface area contributed by atoms with E-state index in [9.17, 15) is 35.6 Å². The number of aromatic nitrogens is 2. The first-order valence-electron chi connectivity index (χ1n) is 9.90. The average molecular weight is 510 g/mol. The summed E-state index contributed by atoms with van der Waals surface area (Å²) in [5, 5.41) is 10.1. The summed E-state index contributed by atoms with van der Waals surface area (Å²) in [4.78, 5) is 3.76. The van der Waals surface area contributed by atoms with E-state index < -0.39 is 33.7 Å². The maximum Gasteiger partial charge on any atom is 0.404 e. The minimum atomic E-state index is -4.76. The van der Waals surface area contributed by atoms with Crippen LogP contribution in [0.25, 0.3) is 28.0 Å². The van der Waals surface area contributed by atoms with Crippen molar-refractivity contribution >= 4 is 26.8 Å². The molecule has 0 saturated heterocycles. The van der Waals surface area contributed by atoms with Gasteiger partial charge in [-0.15, -0.1) is 0 Å². The van der Waals surface area contributed by atoms with Crippen molar-refractivity contribution in [3.05, 3.63) is 60.3 Å². The fraction of sp³-hybridized carbons (Fsp3) is 0.182. The number of nitrogens with zero attached hydrogens (tertiary/aromatic N) is 3. The predicted octanol–water partition coefficient (Wildman–Crippen LogP) is 4.82. The van der Waals surface area contributed by atoms with Crippen molar-refractivity contribution in [2.75, 3.05) is 0 Å². The molecule has 0 unspecified atom stereocenters. The molecule has 1 aliphatic rings. The summed E-state index contributed by atoms with van der Waals surface area (Å²) in [6.07, 6.45) is 1.49. The highest BCUT2D eigenvalue weighted by Crippen LogP contribution is 2.38. The Bertz CT molecular complexity index is 1500. The number of hydrogen-bond acceptors (Lipinski definition) is 5. The Labute approximate surface area is 195 Å². The molecule has 7 nitrogen and oxygen atoms in total. The molecule has 1 atom stereocenters. The molecule has 0 aliphatic heterocycles. The van der Waals surface area contributed by atoms with Gasteiger partial charge in [-0.05, 0) is 37.3 Å². The van der Waals surface area contributed by atoms with Gasteiger partial charge in [0.25, 0.3) is 0 Å². The van der Waals surface area contributed by atoms with Crippen molar-refractivity contribution in [2.45, 2.75) is 30.6 Å². The third kappa shape index (κ3) is 4.62. The van der Waals surface area contributed by atoms with Gasteiger partial charge in [-0.3, -0.25) is 4.57 Å². The largest absolute Gasteiger partial charge is 0.433 e. The lowest BCUT2D eigenvalue weighted by Crippen LogP contribution is -2.42. The molecule has 2 heterocycles. The highest BCUT2D eigenvalue weighted by atomic mass is 32.2. The molecular formula is C22H15F5N4O3S. The van der Waals surface area contributed by atoms with Crippen LogP contribution < -0.4 is 9.46 Å². The van der Waals surface area contributed by atoms with E-state index in [0.717, 1.165) is 18.3 Å². The molecule has 13 heteroatoms. The number of allylic oxidation sites excluding steroid dienone is 4. The summed E-state index contributed by atoms with van der Waals surface area (Å²) in [6.45, 7) is -2.41. The molecule has 1 aliphatic carbocycles. The first-order valence-corrected chi connectivity index (χ1v) is 11.4. The van der Waals surface area contributed by atoms with Gasteiger partial charge in [0.2, 0.25) is 10.0 Å². The number of rotatable bonds is 7. The van der Waals surface area contributed by atoms with Crippen LogP contribution in [0.5, 0.6) is 5.75 Å². The van der Waals surface area contributed by atoms with Crippen LogP contribution in [-0.2, 0) is 10.0 Å². The van der Waals surface area contributed by atoms with Crippen molar-refractivity contribution in [1.29, 1.82) is 5.26 Å². The van der Waals surface area contributed by atoms with Gasteiger partial charge in [0.05, 0.1) is 22.3 Å². The molecule has 182 valence electrons. The summed E-state index contributed by atoms with van der Waals surface area (Å²) >= 11 is 0. The smallest absolute Gasteiger partial charge is 0.404 e. The second-order valence-electron chi connectivity index (χ2n) is 7.45. The van der Waals surface area contributed by atoms with E-state index in [1.165, 1.54) is 18.2 Å². The summed E-state index contributed by atoms with van der Waals surface area (Å²) in [5.74, 6) is -0.253. The molecule has 2 aromatic heterocycles. The normalized spacial score (nSPS) is 14.5. The van der Waals surface area contributed by atoms with Gasteiger partial charge in [-0.2, -0.15) is 31.9 Å². The Morgan fingerprint density at radius 1 is 1.20 bits per heavy atom. The average Bonchev–Trinajstić information content (AvgIpc) is 3.04. The minimum Gasteiger partial charge on any atom is -0.433 e. The Kier molecular flexibility index (Phi) is 6.12. The standard InChI is InChI=1S/C22H15F5N4O3S/c1-12(22(25,26)27)30-35(32,33)16-7-5-13(6-8-16)19-18(10-28)17-9-15(34-21(23)24)11-29-20(17)31(19)14-3-2-4-14/h2-9,11-12,21,30H,1H3/t12-/m1/s1. The van der Waals surface area contributed by atoms with Gasteiger partial charge in [0.15, 0.2) is 0 Å². The summed E-state index contributed by atoms with van der Waals surface area (Å²) in [5.41, 5.74) is 1.60. The molecule has 0 amide bonds. The number of benzene rings is 1. The fourth-order valence-electron chi connectivity index (χ4n) is 3.44. The fourth-order valence-corrected chi connectivity index (χ4v) is 4.67. The van der Waals surface area contributed by atoms with Crippen LogP contribution in [0.4, 0.5) is 22.0 Å². The lowest BCUT2D eigenvalue weighted by atomic mass is 10.1. The van der Waals surface area contributed by atoms with Gasteiger partial charge < -0.3 is 4.74 Å². The van der Waals surface area contributed by atoms with Gasteiger partial charge >= 0.3 is 12.8 Å². The molecule has 1 N–H and O–H groups in total. The second kappa shape index (κ2) is 8.79. The van der Waals surface area contributed by atoms with E-state index in [1.807, 2.05) is 6.07 Å². The Morgan fingerprint density at radius 2 is 1.86 bits per heavy atom. The first kappa shape index (κ1) is 24.4. The van der Waals surface area contributed by atoms with E-state index in [4.69, 9.17) is 0 Å². The molecule has 0 bridgehead atoms. The summed E-state index contributed by atoms with van der Waals surface area (Å²) in [7, 11) is -4.48. The van der Waals surface area contributed by atoms with Crippen LogP contribution in [0.3, 0.4) is 0 Å². The van der Waals surface area contributed by atoms with Gasteiger partial charge in [0.1, 0.15) is 23.5 Å². The summed E-state index contributed by atoms with van der Waals surface area (Å²) in [6, 6.07) is 5.84. The number of ether oxygens (including phenoxy) is 1. The molecule has 35 heavy (non-hydrogen) atoms. The molecule has 0 spiro atoms. The van der Waals surface area contributed by atoms with Gasteiger partial charge in [-0.25, -0.2) is 13.4 Å². The third-order valence-electron chi connectivity index (χ3n) is 5.17. The zero-order valence-electron chi connectivity index (χ0n) is 17.7. The number of nitrogens with one attached hydrogen (secondary N) is 1. The quantitative estimate of drug-likeness (QED) is 0.460. The van der Waals surface area contributed by atoms with E-state index in [1.54, 1.807) is 27.5 Å². The van der Waals surface area contributed by atoms with Crippen LogP contribution in [0, 0.1) is 11.3 Å². The number of pyridine rings is 1. The zero-order valence-corrected chi connectivity index (χ0v) is 18.5. The van der Waals surface area contributed by atoms with Crippen molar-refractivity contribution in [2.24, 2.45) is 0 Å². The number of alkyl halides is 5. The molecule has 0 saturated carbocycles. The van der Waals surface area contributed by atoms with Crippen LogP contribution in [0.2, 0.25) is 0 Å². The van der Waals surface area contributed by atoms with E-state index in [2.05, 4.69) is 9.72 Å². The molecular weight excluding hydrogens is 495 g/mol. The molecule has 1 aromatic carbocycles. The number of nitriles is 1. The van der Waals surface area contributed by atoms with Crippen molar-refractivity contribution in [3.8, 4) is 23.1 Å². The highest BCUT2D eigenvalue weighted by molar-refractivity contribution is 7.89. The topological polar surface area (TPSA) is 97.0 Å². The van der Waals surface area contributed by atoms with E-state index >= 15 is 0 Å². The van der Waals surface area contributed by atoms with Crippen molar-refractivity contribution in [3.63, 3.8) is 0 Å². The highest BCUT2D eigenvalue weighted by Gasteiger charge is 2.39. The minimum absolute atomic E-state index is 0.0628. The number of hydrogen-bond donors (Lipinski definition) is 1. The van der Waals surface area contributed by atoms with Crippen LogP contribution in [0.1, 0.15) is 12.5 Å². The van der Waals surface area contributed by atoms with E-state index in [0.29, 0.717) is 23.9 Å². The molecule has 0 radical (unpaired) electrons. The number of sulfonamides is 1. The molecule has 4 rings (SSSR count). The second-order valence-corrected chi connectivity index (χ2v) is 9.17. The zero-order chi connectivity index (χ0) is 25.5. The molecule has 3 aromatic rings. The van der Waals surface area contributed by atoms with Crippen LogP contribution in [-0.4, -0.2) is 36.8 Å². The third-order valence-corrected chi connectivity index (χ3v) is 6.73. The Balaban J connectivity index is 1.82. The Hall–Kier alpha value is -3.76. The Morgan fingerprint density at radius 3 is 2.37 bits per heavy atom. The number of halogens is 5. The summed E-state index contributed by atoms with van der Waals surface area (Å²) < 4.78 is 96.0. The van der Waals surface area contributed by atoms with Gasteiger partial charge in [0, 0.05) is 16.6 Å².